The van der Waals surface area contributed by atoms with E-state index in [-0.39, 0.29) is 11.9 Å². The van der Waals surface area contributed by atoms with Crippen LogP contribution in [0.5, 0.6) is 0 Å². The predicted molar refractivity (Wildman–Crippen MR) is 80.1 cm³/mol. The first-order valence-corrected chi connectivity index (χ1v) is 7.27. The highest BCUT2D eigenvalue weighted by atomic mass is 16.5. The highest BCUT2D eigenvalue weighted by Gasteiger charge is 2.19. The zero-order valence-corrected chi connectivity index (χ0v) is 12.6. The third kappa shape index (κ3) is 3.82. The maximum Gasteiger partial charge on any atom is 0.305 e. The van der Waals surface area contributed by atoms with E-state index in [4.69, 9.17) is 0 Å². The lowest BCUT2D eigenvalue weighted by molar-refractivity contribution is -0.140. The first-order chi connectivity index (χ1) is 10.1. The molecule has 0 radical (unpaired) electrons. The van der Waals surface area contributed by atoms with Crippen LogP contribution in [0.4, 0.5) is 0 Å². The molecule has 0 aromatic heterocycles. The molecule has 1 aliphatic heterocycles. The molecule has 114 valence electrons. The molecule has 1 amide bonds. The van der Waals surface area contributed by atoms with E-state index in [0.717, 1.165) is 30.6 Å². The van der Waals surface area contributed by atoms with Crippen LogP contribution < -0.4 is 5.32 Å². The van der Waals surface area contributed by atoms with Gasteiger partial charge in [0.15, 0.2) is 0 Å². The van der Waals surface area contributed by atoms with Crippen molar-refractivity contribution in [3.05, 3.63) is 34.9 Å². The lowest BCUT2D eigenvalue weighted by atomic mass is 9.95. The van der Waals surface area contributed by atoms with Crippen LogP contribution >= 0.6 is 0 Å². The van der Waals surface area contributed by atoms with Crippen molar-refractivity contribution >= 4 is 11.9 Å². The topological polar surface area (TPSA) is 58.6 Å². The average Bonchev–Trinajstić information content (AvgIpc) is 2.53. The Bertz CT molecular complexity index is 528. The van der Waals surface area contributed by atoms with Gasteiger partial charge >= 0.3 is 5.97 Å². The van der Waals surface area contributed by atoms with E-state index in [1.54, 1.807) is 11.9 Å². The molecule has 1 aromatic rings. The Hall–Kier alpha value is -1.88. The predicted octanol–water partition coefficient (Wildman–Crippen LogP) is 1.36. The zero-order valence-electron chi connectivity index (χ0n) is 12.6. The lowest BCUT2D eigenvalue weighted by Crippen LogP contribution is -2.31. The van der Waals surface area contributed by atoms with Crippen molar-refractivity contribution in [1.82, 2.24) is 10.2 Å². The molecule has 0 unspecified atom stereocenters. The average molecular weight is 290 g/mol. The van der Waals surface area contributed by atoms with E-state index in [1.165, 1.54) is 12.7 Å². The van der Waals surface area contributed by atoms with E-state index in [0.29, 0.717) is 19.4 Å². The minimum absolute atomic E-state index is 0.0265. The summed E-state index contributed by atoms with van der Waals surface area (Å²) in [7, 11) is 3.15. The standard InChI is InChI=1S/C16H22N2O3/c1-18(10-4-7-15(19)21-2)16(20)14-6-3-5-12-11-17-9-8-13(12)14/h3,5-6,17H,4,7-11H2,1-2H3. The van der Waals surface area contributed by atoms with E-state index in [1.807, 2.05) is 12.1 Å². The minimum Gasteiger partial charge on any atom is -0.469 e. The fourth-order valence-electron chi connectivity index (χ4n) is 2.60. The maximum atomic E-state index is 12.6. The summed E-state index contributed by atoms with van der Waals surface area (Å²) in [6, 6.07) is 5.89. The summed E-state index contributed by atoms with van der Waals surface area (Å²) >= 11 is 0. The summed E-state index contributed by atoms with van der Waals surface area (Å²) in [6.45, 7) is 2.28. The van der Waals surface area contributed by atoms with Crippen LogP contribution in [0.15, 0.2) is 18.2 Å². The molecule has 0 bridgehead atoms. The maximum absolute atomic E-state index is 12.6. The van der Waals surface area contributed by atoms with Gasteiger partial charge in [-0.05, 0) is 36.6 Å². The molecule has 0 fully saturated rings. The van der Waals surface area contributed by atoms with Crippen LogP contribution in [0.25, 0.3) is 0 Å². The molecule has 5 nitrogen and oxygen atoms in total. The van der Waals surface area contributed by atoms with E-state index in [9.17, 15) is 9.59 Å². The summed E-state index contributed by atoms with van der Waals surface area (Å²) in [6.07, 6.45) is 1.84. The van der Waals surface area contributed by atoms with Gasteiger partial charge in [-0.15, -0.1) is 0 Å². The largest absolute Gasteiger partial charge is 0.469 e. The summed E-state index contributed by atoms with van der Waals surface area (Å²) < 4.78 is 4.60. The number of carbonyl (C=O) groups excluding carboxylic acids is 2. The number of hydrogen-bond donors (Lipinski definition) is 1. The van der Waals surface area contributed by atoms with Gasteiger partial charge in [0.25, 0.3) is 5.91 Å². The molecule has 0 saturated heterocycles. The van der Waals surface area contributed by atoms with E-state index >= 15 is 0 Å². The van der Waals surface area contributed by atoms with Crippen LogP contribution in [0.3, 0.4) is 0 Å². The molecule has 2 rings (SSSR count). The molecule has 1 aromatic carbocycles. The molecule has 21 heavy (non-hydrogen) atoms. The number of benzene rings is 1. The number of esters is 1. The summed E-state index contributed by atoms with van der Waals surface area (Å²) in [5.74, 6) is -0.211. The summed E-state index contributed by atoms with van der Waals surface area (Å²) in [5, 5.41) is 3.31. The molecule has 0 spiro atoms. The van der Waals surface area contributed by atoms with Gasteiger partial charge in [-0.25, -0.2) is 0 Å². The molecule has 1 aliphatic rings. The highest BCUT2D eigenvalue weighted by Crippen LogP contribution is 2.20. The molecule has 0 saturated carbocycles. The third-order valence-corrected chi connectivity index (χ3v) is 3.82. The van der Waals surface area contributed by atoms with Gasteiger partial charge in [-0.2, -0.15) is 0 Å². The summed E-state index contributed by atoms with van der Waals surface area (Å²) in [5.41, 5.74) is 3.14. The number of amides is 1. The summed E-state index contributed by atoms with van der Waals surface area (Å²) in [4.78, 5) is 25.3. The normalized spacial score (nSPS) is 13.4. The molecule has 0 atom stereocenters. The molecule has 1 N–H and O–H groups in total. The number of carbonyl (C=O) groups is 2. The Balaban J connectivity index is 2.01. The second-order valence-corrected chi connectivity index (χ2v) is 5.28. The quantitative estimate of drug-likeness (QED) is 0.832. The Morgan fingerprint density at radius 2 is 2.19 bits per heavy atom. The number of hydrogen-bond acceptors (Lipinski definition) is 4. The minimum atomic E-state index is -0.237. The van der Waals surface area contributed by atoms with Gasteiger partial charge < -0.3 is 15.0 Å². The Morgan fingerprint density at radius 1 is 1.38 bits per heavy atom. The van der Waals surface area contributed by atoms with Gasteiger partial charge in [0.1, 0.15) is 0 Å². The van der Waals surface area contributed by atoms with E-state index in [2.05, 4.69) is 16.1 Å². The number of rotatable bonds is 5. The van der Waals surface area contributed by atoms with Crippen molar-refractivity contribution in [1.29, 1.82) is 0 Å². The molecule has 5 heteroatoms. The van der Waals surface area contributed by atoms with Gasteiger partial charge in [-0.3, -0.25) is 9.59 Å². The zero-order chi connectivity index (χ0) is 15.2. The van der Waals surface area contributed by atoms with Crippen molar-refractivity contribution < 1.29 is 14.3 Å². The number of nitrogens with one attached hydrogen (secondary N) is 1. The number of nitrogens with zero attached hydrogens (tertiary/aromatic N) is 1. The van der Waals surface area contributed by atoms with Crippen LogP contribution in [-0.2, 0) is 22.5 Å². The lowest BCUT2D eigenvalue weighted by Gasteiger charge is -2.23. The van der Waals surface area contributed by atoms with Crippen molar-refractivity contribution in [2.45, 2.75) is 25.8 Å². The molecule has 0 aliphatic carbocycles. The van der Waals surface area contributed by atoms with Crippen LogP contribution in [0.1, 0.15) is 34.3 Å². The smallest absolute Gasteiger partial charge is 0.305 e. The molecular weight excluding hydrogens is 268 g/mol. The van der Waals surface area contributed by atoms with Gasteiger partial charge in [0.05, 0.1) is 7.11 Å². The second kappa shape index (κ2) is 7.22. The molecular formula is C16H22N2O3. The fraction of sp³-hybridized carbons (Fsp3) is 0.500. The van der Waals surface area contributed by atoms with Gasteiger partial charge in [0.2, 0.25) is 0 Å². The monoisotopic (exact) mass is 290 g/mol. The van der Waals surface area contributed by atoms with Crippen molar-refractivity contribution in [2.24, 2.45) is 0 Å². The van der Waals surface area contributed by atoms with Crippen molar-refractivity contribution in [2.75, 3.05) is 27.2 Å². The Kier molecular flexibility index (Phi) is 5.33. The van der Waals surface area contributed by atoms with E-state index < -0.39 is 0 Å². The SMILES string of the molecule is COC(=O)CCCN(C)C(=O)c1cccc2c1CCNC2. The van der Waals surface area contributed by atoms with Crippen molar-refractivity contribution in [3.8, 4) is 0 Å². The van der Waals surface area contributed by atoms with Gasteiger partial charge in [-0.1, -0.05) is 12.1 Å². The Labute approximate surface area is 125 Å². The van der Waals surface area contributed by atoms with Gasteiger partial charge in [0, 0.05) is 32.1 Å². The van der Waals surface area contributed by atoms with Crippen molar-refractivity contribution in [3.63, 3.8) is 0 Å². The van der Waals surface area contributed by atoms with Crippen LogP contribution in [0.2, 0.25) is 0 Å². The Morgan fingerprint density at radius 3 is 2.95 bits per heavy atom. The third-order valence-electron chi connectivity index (χ3n) is 3.82. The first-order valence-electron chi connectivity index (χ1n) is 7.27. The number of fused-ring (bicyclic) bond motifs is 1. The second-order valence-electron chi connectivity index (χ2n) is 5.28. The first kappa shape index (κ1) is 15.5. The van der Waals surface area contributed by atoms with Crippen LogP contribution in [0, 0.1) is 0 Å². The fourth-order valence-corrected chi connectivity index (χ4v) is 2.60. The van der Waals surface area contributed by atoms with Crippen LogP contribution in [-0.4, -0.2) is 44.0 Å². The molecule has 1 heterocycles. The highest BCUT2D eigenvalue weighted by molar-refractivity contribution is 5.96. The number of ether oxygens (including phenoxy) is 1. The number of methoxy groups -OCH3 is 1.